The van der Waals surface area contributed by atoms with Gasteiger partial charge in [-0.2, -0.15) is 0 Å². The molecule has 0 amide bonds. The van der Waals surface area contributed by atoms with Gasteiger partial charge >= 0.3 is 5.97 Å². The average molecular weight is 257 g/mol. The fourth-order valence-corrected chi connectivity index (χ4v) is 1.53. The Kier molecular flexibility index (Phi) is 4.12. The zero-order valence-electron chi connectivity index (χ0n) is 9.78. The summed E-state index contributed by atoms with van der Waals surface area (Å²) in [5.41, 5.74) is 0.959. The number of ether oxygens (including phenoxy) is 1. The van der Waals surface area contributed by atoms with E-state index in [-0.39, 0.29) is 5.56 Å². The van der Waals surface area contributed by atoms with E-state index in [0.717, 1.165) is 5.56 Å². The lowest BCUT2D eigenvalue weighted by Crippen LogP contribution is -2.21. The minimum Gasteiger partial charge on any atom is -0.496 e. The Morgan fingerprint density at radius 1 is 1.41 bits per heavy atom. The molecule has 0 fully saturated rings. The summed E-state index contributed by atoms with van der Waals surface area (Å²) < 4.78 is 5.06. The number of halogens is 1. The van der Waals surface area contributed by atoms with Crippen LogP contribution in [0.15, 0.2) is 12.1 Å². The van der Waals surface area contributed by atoms with Gasteiger partial charge in [0, 0.05) is 5.02 Å². The topological polar surface area (TPSA) is 63.6 Å². The zero-order valence-corrected chi connectivity index (χ0v) is 10.5. The van der Waals surface area contributed by atoms with Gasteiger partial charge in [0.25, 0.3) is 0 Å². The number of carbonyl (C=O) groups is 2. The van der Waals surface area contributed by atoms with Crippen molar-refractivity contribution >= 4 is 23.4 Å². The molecule has 1 aromatic rings. The van der Waals surface area contributed by atoms with Crippen molar-refractivity contribution in [1.82, 2.24) is 0 Å². The molecular formula is C12H13ClO4. The molecule has 0 saturated carbocycles. The van der Waals surface area contributed by atoms with Crippen LogP contribution in [0.5, 0.6) is 5.75 Å². The van der Waals surface area contributed by atoms with Gasteiger partial charge in [0.1, 0.15) is 11.7 Å². The quantitative estimate of drug-likeness (QED) is 0.664. The number of carboxylic acid groups (broad SMARTS) is 1. The van der Waals surface area contributed by atoms with E-state index in [1.807, 2.05) is 0 Å². The Morgan fingerprint density at radius 2 is 2.00 bits per heavy atom. The summed E-state index contributed by atoms with van der Waals surface area (Å²) in [5.74, 6) is -2.47. The predicted octanol–water partition coefficient (Wildman–Crippen LogP) is 2.56. The van der Waals surface area contributed by atoms with Crippen molar-refractivity contribution in [3.05, 3.63) is 28.3 Å². The largest absolute Gasteiger partial charge is 0.496 e. The molecule has 0 heterocycles. The third-order valence-corrected chi connectivity index (χ3v) is 2.92. The van der Waals surface area contributed by atoms with Crippen LogP contribution in [-0.4, -0.2) is 24.0 Å². The molecule has 5 heteroatoms. The first-order valence-corrected chi connectivity index (χ1v) is 5.37. The van der Waals surface area contributed by atoms with Crippen molar-refractivity contribution in [2.45, 2.75) is 13.8 Å². The number of carbonyl (C=O) groups excluding carboxylic acids is 1. The number of aliphatic carboxylic acids is 1. The number of carboxylic acids is 1. The summed E-state index contributed by atoms with van der Waals surface area (Å²) in [7, 11) is 1.42. The van der Waals surface area contributed by atoms with Crippen molar-refractivity contribution in [2.24, 2.45) is 5.92 Å². The van der Waals surface area contributed by atoms with Gasteiger partial charge in [0.15, 0.2) is 5.78 Å². The molecule has 0 saturated heterocycles. The van der Waals surface area contributed by atoms with Gasteiger partial charge in [-0.25, -0.2) is 0 Å². The van der Waals surface area contributed by atoms with Crippen LogP contribution in [0.4, 0.5) is 0 Å². The first-order valence-electron chi connectivity index (χ1n) is 4.99. The lowest BCUT2D eigenvalue weighted by Gasteiger charge is -2.12. The fraction of sp³-hybridized carbons (Fsp3) is 0.333. The molecule has 0 aliphatic rings. The van der Waals surface area contributed by atoms with Gasteiger partial charge in [-0.3, -0.25) is 9.59 Å². The second-order valence-electron chi connectivity index (χ2n) is 3.73. The summed E-state index contributed by atoms with van der Waals surface area (Å²) >= 11 is 5.92. The Labute approximate surface area is 104 Å². The molecule has 17 heavy (non-hydrogen) atoms. The Hall–Kier alpha value is -1.55. The smallest absolute Gasteiger partial charge is 0.314 e. The van der Waals surface area contributed by atoms with Gasteiger partial charge < -0.3 is 9.84 Å². The van der Waals surface area contributed by atoms with Crippen molar-refractivity contribution in [1.29, 1.82) is 0 Å². The fourth-order valence-electron chi connectivity index (χ4n) is 1.36. The van der Waals surface area contributed by atoms with Crippen molar-refractivity contribution in [3.63, 3.8) is 0 Å². The lowest BCUT2D eigenvalue weighted by molar-refractivity contribution is -0.139. The minimum atomic E-state index is -1.17. The van der Waals surface area contributed by atoms with Gasteiger partial charge in [0.2, 0.25) is 0 Å². The molecule has 0 aliphatic heterocycles. The highest BCUT2D eigenvalue weighted by Crippen LogP contribution is 2.28. The highest BCUT2D eigenvalue weighted by Gasteiger charge is 2.25. The standard InChI is InChI=1S/C12H13ClO4/c1-6-4-10(17-3)8(5-9(6)13)11(14)7(2)12(15)16/h4-5,7H,1-3H3,(H,15,16). The second kappa shape index (κ2) is 5.19. The maximum atomic E-state index is 11.9. The third-order valence-electron chi connectivity index (χ3n) is 2.51. The number of ketones is 1. The monoisotopic (exact) mass is 256 g/mol. The summed E-state index contributed by atoms with van der Waals surface area (Å²) in [5, 5.41) is 9.22. The molecule has 92 valence electrons. The van der Waals surface area contributed by atoms with Gasteiger partial charge in [0.05, 0.1) is 12.7 Å². The van der Waals surface area contributed by atoms with E-state index in [1.54, 1.807) is 13.0 Å². The lowest BCUT2D eigenvalue weighted by atomic mass is 9.97. The summed E-state index contributed by atoms with van der Waals surface area (Å²) in [4.78, 5) is 22.7. The van der Waals surface area contributed by atoms with Crippen LogP contribution in [0.2, 0.25) is 5.02 Å². The first kappa shape index (κ1) is 13.5. The van der Waals surface area contributed by atoms with E-state index in [1.165, 1.54) is 20.1 Å². The van der Waals surface area contributed by atoms with E-state index in [2.05, 4.69) is 0 Å². The SMILES string of the molecule is COc1cc(C)c(Cl)cc1C(=O)C(C)C(=O)O. The van der Waals surface area contributed by atoms with Crippen LogP contribution < -0.4 is 4.74 Å². The normalized spacial score (nSPS) is 12.0. The van der Waals surface area contributed by atoms with E-state index in [9.17, 15) is 9.59 Å². The molecule has 0 aromatic heterocycles. The maximum absolute atomic E-state index is 11.9. The first-order chi connectivity index (χ1) is 7.88. The van der Waals surface area contributed by atoms with Crippen molar-refractivity contribution in [3.8, 4) is 5.75 Å². The van der Waals surface area contributed by atoms with Crippen molar-refractivity contribution in [2.75, 3.05) is 7.11 Å². The molecule has 0 bridgehead atoms. The number of benzene rings is 1. The second-order valence-corrected chi connectivity index (χ2v) is 4.13. The molecule has 0 aliphatic carbocycles. The van der Waals surface area contributed by atoms with E-state index < -0.39 is 17.7 Å². The van der Waals surface area contributed by atoms with Crippen molar-refractivity contribution < 1.29 is 19.4 Å². The molecule has 1 rings (SSSR count). The summed E-state index contributed by atoms with van der Waals surface area (Å²) in [6.07, 6.45) is 0. The summed E-state index contributed by atoms with van der Waals surface area (Å²) in [6, 6.07) is 3.06. The Bertz CT molecular complexity index is 468. The molecule has 1 aromatic carbocycles. The molecule has 1 unspecified atom stereocenters. The predicted molar refractivity (Wildman–Crippen MR) is 63.9 cm³/mol. The molecule has 1 N–H and O–H groups in total. The molecular weight excluding hydrogens is 244 g/mol. The number of hydrogen-bond acceptors (Lipinski definition) is 3. The van der Waals surface area contributed by atoms with Gasteiger partial charge in [-0.15, -0.1) is 0 Å². The zero-order chi connectivity index (χ0) is 13.2. The van der Waals surface area contributed by atoms with Crippen LogP contribution in [0.3, 0.4) is 0 Å². The average Bonchev–Trinajstić information content (AvgIpc) is 2.29. The number of rotatable bonds is 4. The van der Waals surface area contributed by atoms with Gasteiger partial charge in [-0.05, 0) is 31.5 Å². The van der Waals surface area contributed by atoms with Crippen LogP contribution in [0.1, 0.15) is 22.8 Å². The maximum Gasteiger partial charge on any atom is 0.314 e. The highest BCUT2D eigenvalue weighted by molar-refractivity contribution is 6.32. The number of aryl methyl sites for hydroxylation is 1. The van der Waals surface area contributed by atoms with E-state index in [0.29, 0.717) is 10.8 Å². The van der Waals surface area contributed by atoms with Gasteiger partial charge in [-0.1, -0.05) is 11.6 Å². The Balaban J connectivity index is 3.25. The van der Waals surface area contributed by atoms with Crippen LogP contribution >= 0.6 is 11.6 Å². The molecule has 4 nitrogen and oxygen atoms in total. The molecule has 0 radical (unpaired) electrons. The number of methoxy groups -OCH3 is 1. The third kappa shape index (κ3) is 2.77. The van der Waals surface area contributed by atoms with Crippen LogP contribution in [0.25, 0.3) is 0 Å². The van der Waals surface area contributed by atoms with Crippen LogP contribution in [-0.2, 0) is 4.79 Å². The van der Waals surface area contributed by atoms with E-state index >= 15 is 0 Å². The molecule has 0 spiro atoms. The van der Waals surface area contributed by atoms with Crippen LogP contribution in [0, 0.1) is 12.8 Å². The molecule has 1 atom stereocenters. The minimum absolute atomic E-state index is 0.193. The number of hydrogen-bond donors (Lipinski definition) is 1. The van der Waals surface area contributed by atoms with E-state index in [4.69, 9.17) is 21.4 Å². The summed E-state index contributed by atoms with van der Waals surface area (Å²) in [6.45, 7) is 3.11. The highest BCUT2D eigenvalue weighted by atomic mass is 35.5. The Morgan fingerprint density at radius 3 is 2.47 bits per heavy atom. The number of Topliss-reactive ketones (excluding diaryl/α,β-unsaturated/α-hetero) is 1.